The maximum Gasteiger partial charge on any atom is 0.341 e. The van der Waals surface area contributed by atoms with Crippen molar-refractivity contribution in [3.05, 3.63) is 28.3 Å². The quantitative estimate of drug-likeness (QED) is 0.567. The second-order valence-electron chi connectivity index (χ2n) is 7.33. The fraction of sp³-hybridized carbons (Fsp3) is 0.625. The lowest BCUT2D eigenvalue weighted by Crippen LogP contribution is -2.66. The van der Waals surface area contributed by atoms with Gasteiger partial charge in [0.25, 0.3) is 5.69 Å². The molecule has 0 aromatic heterocycles. The van der Waals surface area contributed by atoms with Gasteiger partial charge in [-0.3, -0.25) is 10.1 Å². The number of nitro benzene ring substituents is 1. The Bertz CT molecular complexity index is 843. The predicted octanol–water partition coefficient (Wildman–Crippen LogP) is 2.84. The molecule has 0 radical (unpaired) electrons. The summed E-state index contributed by atoms with van der Waals surface area (Å²) in [6, 6.07) is 2.90. The molecule has 2 aliphatic rings. The number of sulfone groups is 1. The summed E-state index contributed by atoms with van der Waals surface area (Å²) in [6.45, 7) is 4.67. The third-order valence-electron chi connectivity index (χ3n) is 5.54. The zero-order chi connectivity index (χ0) is 19.4. The fourth-order valence-corrected chi connectivity index (χ4v) is 5.20. The maximum atomic E-state index is 12.7. The van der Waals surface area contributed by atoms with Gasteiger partial charge in [0.15, 0.2) is 0 Å². The van der Waals surface area contributed by atoms with E-state index in [-0.39, 0.29) is 29.2 Å². The van der Waals surface area contributed by atoms with Gasteiger partial charge in [-0.25, -0.2) is 8.42 Å². The molecule has 0 spiro atoms. The number of ether oxygens (including phenoxy) is 1. The van der Waals surface area contributed by atoms with Crippen LogP contribution in [0.5, 0.6) is 0 Å². The first-order valence-electron chi connectivity index (χ1n) is 8.14. The molecule has 3 rings (SSSR count). The summed E-state index contributed by atoms with van der Waals surface area (Å²) >= 11 is 0. The van der Waals surface area contributed by atoms with Crippen LogP contribution in [0.1, 0.15) is 20.3 Å². The number of halogens is 2. The number of fused-ring (bicyclic) bond motifs is 1. The van der Waals surface area contributed by atoms with Crippen LogP contribution >= 0.6 is 0 Å². The van der Waals surface area contributed by atoms with Crippen LogP contribution in [0.4, 0.5) is 20.2 Å². The standard InChI is InChI=1S/C16H20F2N2O5S/c1-16(2)13(10-6-7-25-14(10)16)19(3)11-5-4-9(8-12(11)20(21)22)26(23,24)15(17)18/h4-5,8,10,13-15H,6-7H2,1-3H3. The fourth-order valence-electron chi connectivity index (χ4n) is 4.46. The normalized spacial score (nSPS) is 27.1. The molecule has 1 saturated heterocycles. The highest BCUT2D eigenvalue weighted by atomic mass is 32.2. The van der Waals surface area contributed by atoms with E-state index in [1.165, 1.54) is 6.07 Å². The largest absolute Gasteiger partial charge is 0.377 e. The molecule has 3 unspecified atom stereocenters. The Morgan fingerprint density at radius 3 is 2.62 bits per heavy atom. The van der Waals surface area contributed by atoms with Crippen molar-refractivity contribution in [2.45, 2.75) is 43.1 Å². The first-order valence-corrected chi connectivity index (χ1v) is 9.69. The van der Waals surface area contributed by atoms with Crippen molar-refractivity contribution in [3.8, 4) is 0 Å². The van der Waals surface area contributed by atoms with Gasteiger partial charge in [0.2, 0.25) is 9.84 Å². The van der Waals surface area contributed by atoms with Crippen LogP contribution in [0.15, 0.2) is 23.1 Å². The summed E-state index contributed by atoms with van der Waals surface area (Å²) < 4.78 is 54.5. The van der Waals surface area contributed by atoms with E-state index in [0.717, 1.165) is 12.5 Å². The molecule has 26 heavy (non-hydrogen) atoms. The van der Waals surface area contributed by atoms with E-state index in [1.807, 2.05) is 13.8 Å². The van der Waals surface area contributed by atoms with Gasteiger partial charge in [-0.2, -0.15) is 8.78 Å². The highest BCUT2D eigenvalue weighted by molar-refractivity contribution is 7.91. The molecule has 2 fully saturated rings. The van der Waals surface area contributed by atoms with E-state index in [0.29, 0.717) is 12.7 Å². The molecule has 1 heterocycles. The zero-order valence-corrected chi connectivity index (χ0v) is 15.4. The van der Waals surface area contributed by atoms with Gasteiger partial charge < -0.3 is 9.64 Å². The SMILES string of the molecule is CN(c1ccc(S(=O)(=O)C(F)F)cc1[N+](=O)[O-])C1C2CCOC2C1(C)C. The number of hydrogen-bond donors (Lipinski definition) is 0. The predicted molar refractivity (Wildman–Crippen MR) is 90.1 cm³/mol. The molecule has 144 valence electrons. The summed E-state index contributed by atoms with van der Waals surface area (Å²) in [7, 11) is -3.20. The second kappa shape index (κ2) is 6.12. The van der Waals surface area contributed by atoms with Gasteiger partial charge >= 0.3 is 5.76 Å². The second-order valence-corrected chi connectivity index (χ2v) is 9.25. The van der Waals surface area contributed by atoms with Crippen molar-refractivity contribution in [2.75, 3.05) is 18.6 Å². The minimum absolute atomic E-state index is 0.0359. The van der Waals surface area contributed by atoms with Gasteiger partial charge in [0.1, 0.15) is 5.69 Å². The number of alkyl halides is 2. The Balaban J connectivity index is 2.01. The lowest BCUT2D eigenvalue weighted by molar-refractivity contribution is -0.384. The lowest BCUT2D eigenvalue weighted by Gasteiger charge is -2.58. The Hall–Kier alpha value is -1.81. The summed E-state index contributed by atoms with van der Waals surface area (Å²) in [5, 5.41) is 11.5. The lowest BCUT2D eigenvalue weighted by atomic mass is 9.56. The molecule has 0 amide bonds. The van der Waals surface area contributed by atoms with Crippen LogP contribution in [0, 0.1) is 21.4 Å². The smallest absolute Gasteiger partial charge is 0.341 e. The number of nitrogens with zero attached hydrogens (tertiary/aromatic N) is 2. The minimum atomic E-state index is -4.90. The van der Waals surface area contributed by atoms with Crippen LogP contribution in [0.2, 0.25) is 0 Å². The van der Waals surface area contributed by atoms with E-state index in [1.54, 1.807) is 11.9 Å². The molecular formula is C16H20F2N2O5S. The Morgan fingerprint density at radius 2 is 2.04 bits per heavy atom. The number of rotatable bonds is 5. The maximum absolute atomic E-state index is 12.7. The molecule has 10 heteroatoms. The average molecular weight is 390 g/mol. The number of benzene rings is 1. The molecule has 1 aromatic carbocycles. The van der Waals surface area contributed by atoms with E-state index in [4.69, 9.17) is 4.74 Å². The third kappa shape index (κ3) is 2.66. The summed E-state index contributed by atoms with van der Waals surface area (Å²) in [5.74, 6) is -3.41. The van der Waals surface area contributed by atoms with Crippen LogP contribution in [-0.2, 0) is 14.6 Å². The molecular weight excluding hydrogens is 370 g/mol. The van der Waals surface area contributed by atoms with Crippen LogP contribution in [-0.4, -0.2) is 44.9 Å². The van der Waals surface area contributed by atoms with Crippen molar-refractivity contribution in [2.24, 2.45) is 11.3 Å². The first-order chi connectivity index (χ1) is 12.0. The summed E-state index contributed by atoms with van der Waals surface area (Å²) in [5.41, 5.74) is -0.545. The third-order valence-corrected chi connectivity index (χ3v) is 6.92. The topological polar surface area (TPSA) is 89.8 Å². The summed E-state index contributed by atoms with van der Waals surface area (Å²) in [6.07, 6.45) is 0.918. The van der Waals surface area contributed by atoms with Gasteiger partial charge in [-0.05, 0) is 18.6 Å². The van der Waals surface area contributed by atoms with Gasteiger partial charge in [-0.15, -0.1) is 0 Å². The van der Waals surface area contributed by atoms with Crippen molar-refractivity contribution < 1.29 is 26.9 Å². The van der Waals surface area contributed by atoms with E-state index in [9.17, 15) is 27.3 Å². The van der Waals surface area contributed by atoms with Gasteiger partial charge in [0, 0.05) is 37.1 Å². The molecule has 0 bridgehead atoms. The monoisotopic (exact) mass is 390 g/mol. The van der Waals surface area contributed by atoms with Crippen molar-refractivity contribution in [3.63, 3.8) is 0 Å². The Morgan fingerprint density at radius 1 is 1.38 bits per heavy atom. The zero-order valence-electron chi connectivity index (χ0n) is 14.6. The minimum Gasteiger partial charge on any atom is -0.377 e. The molecule has 1 aromatic rings. The van der Waals surface area contributed by atoms with Crippen LogP contribution in [0.25, 0.3) is 0 Å². The van der Waals surface area contributed by atoms with Crippen molar-refractivity contribution in [1.82, 2.24) is 0 Å². The molecule has 3 atom stereocenters. The summed E-state index contributed by atoms with van der Waals surface area (Å²) in [4.78, 5) is 11.7. The van der Waals surface area contributed by atoms with Crippen LogP contribution < -0.4 is 4.90 Å². The highest BCUT2D eigenvalue weighted by Crippen LogP contribution is 2.55. The molecule has 0 N–H and O–H groups in total. The van der Waals surface area contributed by atoms with Crippen molar-refractivity contribution >= 4 is 21.2 Å². The average Bonchev–Trinajstić information content (AvgIpc) is 3.00. The van der Waals surface area contributed by atoms with E-state index < -0.39 is 31.1 Å². The molecule has 1 saturated carbocycles. The molecule has 7 nitrogen and oxygen atoms in total. The number of hydrogen-bond acceptors (Lipinski definition) is 6. The Kier molecular flexibility index (Phi) is 4.47. The first kappa shape index (κ1) is 19.0. The molecule has 1 aliphatic carbocycles. The molecule has 1 aliphatic heterocycles. The van der Waals surface area contributed by atoms with Crippen LogP contribution in [0.3, 0.4) is 0 Å². The van der Waals surface area contributed by atoms with Crippen molar-refractivity contribution in [1.29, 1.82) is 0 Å². The van der Waals surface area contributed by atoms with Gasteiger partial charge in [-0.1, -0.05) is 13.8 Å². The van der Waals surface area contributed by atoms with E-state index in [2.05, 4.69) is 0 Å². The van der Waals surface area contributed by atoms with Gasteiger partial charge in [0.05, 0.1) is 15.9 Å². The van der Waals surface area contributed by atoms with E-state index >= 15 is 0 Å². The highest BCUT2D eigenvalue weighted by Gasteiger charge is 2.61. The Labute approximate surface area is 150 Å². The number of nitro groups is 1. The number of anilines is 1.